The normalized spacial score (nSPS) is 24.7. The number of ether oxygens (including phenoxy) is 1. The van der Waals surface area contributed by atoms with Crippen LogP contribution in [-0.4, -0.2) is 64.4 Å². The number of carbonyl (C=O) groups is 8. The third kappa shape index (κ3) is 6.50. The first-order valence-electron chi connectivity index (χ1n) is 9.00. The molecule has 0 spiro atoms. The van der Waals surface area contributed by atoms with Crippen LogP contribution in [0.15, 0.2) is 24.3 Å². The fraction of sp³-hybridized carbons (Fsp3) is 0.333. The Morgan fingerprint density at radius 2 is 1.23 bits per heavy atom. The standard InChI is InChI=1S/C9H8N2O4.C5H8N2O2.C4H2O3/c12-6-2-1-5(9(15)10-6)11-7(13)3-4-8(11)14;6-3-1-2-4(8)7-5(3)9;5-3-1-2-4(6)7-3/h3-5H,1-2H2,(H,10,12,15);3H,1-2,6H2,(H,7,8,9);1-2H. The van der Waals surface area contributed by atoms with Gasteiger partial charge in [-0.15, -0.1) is 0 Å². The van der Waals surface area contributed by atoms with Crippen molar-refractivity contribution in [3.05, 3.63) is 24.3 Å². The molecule has 0 bridgehead atoms. The summed E-state index contributed by atoms with van der Waals surface area (Å²) in [5.41, 5.74) is 5.28. The molecule has 2 atom stereocenters. The number of cyclic esters (lactones) is 2. The molecular formula is C18H18N4O9. The number of nitrogens with zero attached hydrogens (tertiary/aromatic N) is 1. The van der Waals surface area contributed by atoms with Gasteiger partial charge in [0.1, 0.15) is 6.04 Å². The zero-order valence-corrected chi connectivity index (χ0v) is 16.0. The van der Waals surface area contributed by atoms with Crippen molar-refractivity contribution in [3.63, 3.8) is 0 Å². The maximum Gasteiger partial charge on any atom is 0.338 e. The van der Waals surface area contributed by atoms with Gasteiger partial charge in [0, 0.05) is 37.1 Å². The van der Waals surface area contributed by atoms with Crippen molar-refractivity contribution in [1.82, 2.24) is 15.5 Å². The monoisotopic (exact) mass is 434 g/mol. The van der Waals surface area contributed by atoms with E-state index in [9.17, 15) is 38.4 Å². The summed E-state index contributed by atoms with van der Waals surface area (Å²) in [5, 5.41) is 4.22. The van der Waals surface area contributed by atoms with E-state index in [1.165, 1.54) is 0 Å². The second-order valence-corrected chi connectivity index (χ2v) is 6.48. The van der Waals surface area contributed by atoms with E-state index in [-0.39, 0.29) is 30.6 Å². The van der Waals surface area contributed by atoms with Gasteiger partial charge in [-0.05, 0) is 12.8 Å². The number of hydrogen-bond acceptors (Lipinski definition) is 10. The molecule has 0 aromatic rings. The largest absolute Gasteiger partial charge is 0.387 e. The SMILES string of the molecule is NC1CCC(=O)NC1=O.O=C1C=CC(=O)O1.O=C1CCC(N2C(=O)C=CC2=O)C(=O)N1. The number of hydrogen-bond donors (Lipinski definition) is 3. The van der Waals surface area contributed by atoms with E-state index >= 15 is 0 Å². The molecule has 4 aliphatic heterocycles. The van der Waals surface area contributed by atoms with Crippen LogP contribution in [0.2, 0.25) is 0 Å². The van der Waals surface area contributed by atoms with Gasteiger partial charge in [-0.2, -0.15) is 0 Å². The highest BCUT2D eigenvalue weighted by Crippen LogP contribution is 2.16. The zero-order chi connectivity index (χ0) is 23.1. The third-order valence-corrected chi connectivity index (χ3v) is 4.20. The fourth-order valence-electron chi connectivity index (χ4n) is 2.66. The number of nitrogens with one attached hydrogen (secondary N) is 2. The topological polar surface area (TPSA) is 199 Å². The van der Waals surface area contributed by atoms with Crippen LogP contribution in [0, 0.1) is 0 Å². The van der Waals surface area contributed by atoms with Gasteiger partial charge in [0.25, 0.3) is 11.8 Å². The van der Waals surface area contributed by atoms with Crippen molar-refractivity contribution >= 4 is 47.4 Å². The Morgan fingerprint density at radius 3 is 1.61 bits per heavy atom. The smallest absolute Gasteiger partial charge is 0.338 e. The van der Waals surface area contributed by atoms with Gasteiger partial charge in [-0.25, -0.2) is 9.59 Å². The minimum atomic E-state index is -0.849. The first-order chi connectivity index (χ1) is 14.6. The average molecular weight is 434 g/mol. The van der Waals surface area contributed by atoms with Crippen LogP contribution in [-0.2, 0) is 43.1 Å². The molecule has 6 amide bonds. The Hall–Kier alpha value is -4.00. The quantitative estimate of drug-likeness (QED) is 0.218. The van der Waals surface area contributed by atoms with Gasteiger partial charge >= 0.3 is 11.9 Å². The molecule has 13 heteroatoms. The van der Waals surface area contributed by atoms with Gasteiger partial charge in [0.05, 0.1) is 6.04 Å². The van der Waals surface area contributed by atoms with Crippen molar-refractivity contribution in [3.8, 4) is 0 Å². The summed E-state index contributed by atoms with van der Waals surface area (Å²) in [5.74, 6) is -3.70. The predicted molar refractivity (Wildman–Crippen MR) is 97.8 cm³/mol. The minimum Gasteiger partial charge on any atom is -0.387 e. The maximum atomic E-state index is 11.4. The molecule has 0 radical (unpaired) electrons. The molecule has 164 valence electrons. The second-order valence-electron chi connectivity index (χ2n) is 6.48. The van der Waals surface area contributed by atoms with Crippen molar-refractivity contribution in [1.29, 1.82) is 0 Å². The van der Waals surface area contributed by atoms with E-state index in [2.05, 4.69) is 15.4 Å². The molecule has 0 aromatic heterocycles. The molecule has 13 nitrogen and oxygen atoms in total. The van der Waals surface area contributed by atoms with Crippen LogP contribution in [0.4, 0.5) is 0 Å². The highest BCUT2D eigenvalue weighted by molar-refractivity contribution is 6.16. The molecule has 2 saturated heterocycles. The lowest BCUT2D eigenvalue weighted by molar-refractivity contribution is -0.150. The Balaban J connectivity index is 0.000000181. The van der Waals surface area contributed by atoms with Crippen LogP contribution in [0.25, 0.3) is 0 Å². The summed E-state index contributed by atoms with van der Waals surface area (Å²) in [4.78, 5) is 86.5. The lowest BCUT2D eigenvalue weighted by Crippen LogP contribution is -2.54. The summed E-state index contributed by atoms with van der Waals surface area (Å²) in [6.45, 7) is 0. The van der Waals surface area contributed by atoms with Crippen molar-refractivity contribution in [2.45, 2.75) is 37.8 Å². The molecule has 0 aromatic carbocycles. The van der Waals surface area contributed by atoms with Crippen LogP contribution in [0.3, 0.4) is 0 Å². The van der Waals surface area contributed by atoms with Crippen molar-refractivity contribution in [2.24, 2.45) is 5.73 Å². The fourth-order valence-corrected chi connectivity index (χ4v) is 2.66. The van der Waals surface area contributed by atoms with E-state index in [0.717, 1.165) is 29.2 Å². The van der Waals surface area contributed by atoms with Gasteiger partial charge < -0.3 is 10.5 Å². The predicted octanol–water partition coefficient (Wildman–Crippen LogP) is -2.91. The number of amides is 6. The lowest BCUT2D eigenvalue weighted by atomic mass is 10.0. The molecule has 4 aliphatic rings. The van der Waals surface area contributed by atoms with E-state index in [4.69, 9.17) is 5.73 Å². The number of rotatable bonds is 1. The third-order valence-electron chi connectivity index (χ3n) is 4.20. The number of esters is 2. The summed E-state index contributed by atoms with van der Waals surface area (Å²) in [6, 6.07) is -1.33. The summed E-state index contributed by atoms with van der Waals surface area (Å²) >= 11 is 0. The molecule has 0 aliphatic carbocycles. The zero-order valence-electron chi connectivity index (χ0n) is 16.0. The molecule has 4 heterocycles. The molecule has 4 N–H and O–H groups in total. The molecule has 2 unspecified atom stereocenters. The van der Waals surface area contributed by atoms with Gasteiger partial charge in [0.15, 0.2) is 0 Å². The summed E-state index contributed by atoms with van der Waals surface area (Å²) in [6.07, 6.45) is 5.59. The Bertz CT molecular complexity index is 887. The highest BCUT2D eigenvalue weighted by atomic mass is 16.6. The number of imide groups is 3. The number of piperidine rings is 2. The Morgan fingerprint density at radius 1 is 0.742 bits per heavy atom. The van der Waals surface area contributed by atoms with Crippen LogP contribution in [0.1, 0.15) is 25.7 Å². The van der Waals surface area contributed by atoms with Gasteiger partial charge in [-0.1, -0.05) is 0 Å². The Labute approximate surface area is 174 Å². The lowest BCUT2D eigenvalue weighted by Gasteiger charge is -2.27. The van der Waals surface area contributed by atoms with Crippen LogP contribution < -0.4 is 16.4 Å². The van der Waals surface area contributed by atoms with E-state index in [0.29, 0.717) is 12.8 Å². The molecule has 31 heavy (non-hydrogen) atoms. The second kappa shape index (κ2) is 10.2. The number of nitrogens with two attached hydrogens (primary N) is 1. The van der Waals surface area contributed by atoms with Crippen molar-refractivity contribution in [2.75, 3.05) is 0 Å². The molecule has 0 saturated carbocycles. The first kappa shape index (κ1) is 23.3. The molecule has 4 rings (SSSR count). The van der Waals surface area contributed by atoms with Gasteiger partial charge in [-0.3, -0.25) is 44.3 Å². The first-order valence-corrected chi connectivity index (χ1v) is 9.00. The maximum absolute atomic E-state index is 11.4. The minimum absolute atomic E-state index is 0.146. The molecule has 2 fully saturated rings. The average Bonchev–Trinajstić information content (AvgIpc) is 3.24. The number of carbonyl (C=O) groups excluding carboxylic acids is 8. The Kier molecular flexibility index (Phi) is 7.63. The van der Waals surface area contributed by atoms with Crippen molar-refractivity contribution < 1.29 is 43.1 Å². The molecular weight excluding hydrogens is 416 g/mol. The van der Waals surface area contributed by atoms with Crippen LogP contribution in [0.5, 0.6) is 0 Å². The van der Waals surface area contributed by atoms with Crippen LogP contribution >= 0.6 is 0 Å². The highest BCUT2D eigenvalue weighted by Gasteiger charge is 2.38. The van der Waals surface area contributed by atoms with Gasteiger partial charge in [0.2, 0.25) is 23.6 Å². The van der Waals surface area contributed by atoms with E-state index in [1.54, 1.807) is 0 Å². The summed E-state index contributed by atoms with van der Waals surface area (Å²) < 4.78 is 3.97. The summed E-state index contributed by atoms with van der Waals surface area (Å²) in [7, 11) is 0. The van der Waals surface area contributed by atoms with E-state index < -0.39 is 41.7 Å². The van der Waals surface area contributed by atoms with E-state index in [1.807, 2.05) is 0 Å².